The van der Waals surface area contributed by atoms with Gasteiger partial charge in [0.15, 0.2) is 11.5 Å². The molecule has 1 amide bonds. The predicted molar refractivity (Wildman–Crippen MR) is 111 cm³/mol. The molecule has 2 aromatic rings. The number of aromatic hydroxyl groups is 1. The molecule has 4 rings (SSSR count). The van der Waals surface area contributed by atoms with Crippen LogP contribution >= 0.6 is 0 Å². The summed E-state index contributed by atoms with van der Waals surface area (Å²) in [7, 11) is 1.56. The third-order valence-electron chi connectivity index (χ3n) is 5.29. The number of aliphatic hydroxyl groups excluding tert-OH is 1. The fraction of sp³-hybridized carbons (Fsp3) is 0.304. The number of benzene rings is 2. The van der Waals surface area contributed by atoms with Gasteiger partial charge in [0.1, 0.15) is 24.7 Å². The Labute approximate surface area is 179 Å². The van der Waals surface area contributed by atoms with Crippen LogP contribution in [0.15, 0.2) is 48.0 Å². The molecular weight excluding hydrogens is 402 g/mol. The Kier molecular flexibility index (Phi) is 5.81. The number of phenols is 1. The first-order chi connectivity index (χ1) is 15.0. The normalized spacial score (nSPS) is 19.6. The van der Waals surface area contributed by atoms with Crippen molar-refractivity contribution in [2.75, 3.05) is 33.5 Å². The molecule has 2 aliphatic heterocycles. The zero-order valence-corrected chi connectivity index (χ0v) is 17.0. The number of phenolic OH excluding ortho intramolecular Hbond substituents is 1. The summed E-state index contributed by atoms with van der Waals surface area (Å²) in [4.78, 5) is 27.2. The number of carbonyl (C=O) groups excluding carboxylic acids is 2. The zero-order chi connectivity index (χ0) is 22.0. The lowest BCUT2D eigenvalue weighted by molar-refractivity contribution is -0.140. The van der Waals surface area contributed by atoms with Crippen molar-refractivity contribution < 1.29 is 34.0 Å². The summed E-state index contributed by atoms with van der Waals surface area (Å²) in [5.74, 6) is -0.787. The topological polar surface area (TPSA) is 106 Å². The van der Waals surface area contributed by atoms with Crippen LogP contribution in [0.5, 0.6) is 17.2 Å². The Morgan fingerprint density at radius 2 is 1.90 bits per heavy atom. The van der Waals surface area contributed by atoms with Gasteiger partial charge in [-0.3, -0.25) is 9.59 Å². The zero-order valence-electron chi connectivity index (χ0n) is 17.0. The van der Waals surface area contributed by atoms with E-state index in [1.807, 2.05) is 0 Å². The molecule has 0 saturated carbocycles. The molecule has 31 heavy (non-hydrogen) atoms. The van der Waals surface area contributed by atoms with Crippen LogP contribution in [0.1, 0.15) is 23.6 Å². The first-order valence-corrected chi connectivity index (χ1v) is 9.97. The third-order valence-corrected chi connectivity index (χ3v) is 5.29. The average Bonchev–Trinajstić information content (AvgIpc) is 3.03. The molecule has 2 aromatic carbocycles. The van der Waals surface area contributed by atoms with Gasteiger partial charge in [-0.05, 0) is 42.3 Å². The van der Waals surface area contributed by atoms with Crippen molar-refractivity contribution in [3.63, 3.8) is 0 Å². The van der Waals surface area contributed by atoms with Crippen LogP contribution in [0.25, 0.3) is 5.76 Å². The second-order valence-corrected chi connectivity index (χ2v) is 7.29. The molecule has 0 unspecified atom stereocenters. The highest BCUT2D eigenvalue weighted by atomic mass is 16.6. The largest absolute Gasteiger partial charge is 0.508 e. The molecule has 0 aliphatic carbocycles. The highest BCUT2D eigenvalue weighted by Gasteiger charge is 2.46. The van der Waals surface area contributed by atoms with Gasteiger partial charge >= 0.3 is 0 Å². The fourth-order valence-electron chi connectivity index (χ4n) is 3.88. The first kappa shape index (κ1) is 20.7. The third kappa shape index (κ3) is 3.94. The molecule has 0 aromatic heterocycles. The Morgan fingerprint density at radius 1 is 1.13 bits per heavy atom. The summed E-state index contributed by atoms with van der Waals surface area (Å²) in [5.41, 5.74) is 0.824. The summed E-state index contributed by atoms with van der Waals surface area (Å²) in [5, 5.41) is 21.1. The van der Waals surface area contributed by atoms with Crippen molar-refractivity contribution in [2.24, 2.45) is 0 Å². The smallest absolute Gasteiger partial charge is 0.295 e. The fourth-order valence-corrected chi connectivity index (χ4v) is 3.88. The van der Waals surface area contributed by atoms with Crippen LogP contribution in [-0.2, 0) is 14.3 Å². The lowest BCUT2D eigenvalue weighted by Gasteiger charge is -2.25. The number of Topliss-reactive ketones (excluding diaryl/α,β-unsaturated/α-hetero) is 1. The van der Waals surface area contributed by atoms with Crippen molar-refractivity contribution in [3.8, 4) is 17.2 Å². The number of fused-ring (bicyclic) bond motifs is 1. The summed E-state index contributed by atoms with van der Waals surface area (Å²) >= 11 is 0. The molecule has 8 nitrogen and oxygen atoms in total. The van der Waals surface area contributed by atoms with Crippen molar-refractivity contribution in [1.82, 2.24) is 4.90 Å². The van der Waals surface area contributed by atoms with Gasteiger partial charge in [0, 0.05) is 25.8 Å². The Balaban J connectivity index is 1.81. The summed E-state index contributed by atoms with van der Waals surface area (Å²) in [6.45, 7) is 1.49. The monoisotopic (exact) mass is 425 g/mol. The number of likely N-dealkylation sites (tertiary alicyclic amines) is 1. The molecule has 0 radical (unpaired) electrons. The standard InChI is InChI=1S/C23H23NO7/c1-29-9-3-8-24-20(14-4-2-5-16(25)12-14)19(22(27)23(24)28)21(26)15-6-7-17-18(13-15)31-11-10-30-17/h2,4-7,12-13,20,25-26H,3,8-11H2,1H3/b21-19+/t20-/m1/s1. The Hall–Kier alpha value is -3.52. The minimum atomic E-state index is -0.836. The van der Waals surface area contributed by atoms with E-state index in [0.29, 0.717) is 48.9 Å². The molecule has 0 bridgehead atoms. The van der Waals surface area contributed by atoms with E-state index < -0.39 is 17.7 Å². The lowest BCUT2D eigenvalue weighted by atomic mass is 9.95. The van der Waals surface area contributed by atoms with E-state index in [9.17, 15) is 19.8 Å². The predicted octanol–water partition coefficient (Wildman–Crippen LogP) is 2.62. The van der Waals surface area contributed by atoms with Crippen LogP contribution < -0.4 is 9.47 Å². The molecule has 162 valence electrons. The molecule has 8 heteroatoms. The molecule has 2 aliphatic rings. The number of hydrogen-bond donors (Lipinski definition) is 2. The minimum absolute atomic E-state index is 0.000640. The maximum Gasteiger partial charge on any atom is 0.295 e. The van der Waals surface area contributed by atoms with Crippen LogP contribution in [0.4, 0.5) is 0 Å². The van der Waals surface area contributed by atoms with E-state index in [0.717, 1.165) is 0 Å². The number of ketones is 1. The van der Waals surface area contributed by atoms with Gasteiger partial charge in [0.25, 0.3) is 11.7 Å². The van der Waals surface area contributed by atoms with Gasteiger partial charge in [-0.1, -0.05) is 12.1 Å². The number of aliphatic hydroxyl groups is 1. The summed E-state index contributed by atoms with van der Waals surface area (Å²) in [6, 6.07) is 10.3. The molecule has 1 atom stereocenters. The summed E-state index contributed by atoms with van der Waals surface area (Å²) < 4.78 is 16.1. The second kappa shape index (κ2) is 8.69. The van der Waals surface area contributed by atoms with E-state index in [2.05, 4.69) is 0 Å². The van der Waals surface area contributed by atoms with Gasteiger partial charge in [0.05, 0.1) is 11.6 Å². The van der Waals surface area contributed by atoms with Crippen LogP contribution in [0.3, 0.4) is 0 Å². The van der Waals surface area contributed by atoms with E-state index >= 15 is 0 Å². The molecule has 2 N–H and O–H groups in total. The Bertz CT molecular complexity index is 1050. The van der Waals surface area contributed by atoms with E-state index in [-0.39, 0.29) is 23.6 Å². The minimum Gasteiger partial charge on any atom is -0.508 e. The number of nitrogens with zero attached hydrogens (tertiary/aromatic N) is 1. The van der Waals surface area contributed by atoms with Crippen LogP contribution in [0, 0.1) is 0 Å². The highest BCUT2D eigenvalue weighted by molar-refractivity contribution is 6.46. The van der Waals surface area contributed by atoms with Gasteiger partial charge in [-0.2, -0.15) is 0 Å². The number of ether oxygens (including phenoxy) is 3. The number of amides is 1. The lowest BCUT2D eigenvalue weighted by Crippen LogP contribution is -2.31. The van der Waals surface area contributed by atoms with Crippen molar-refractivity contribution in [1.29, 1.82) is 0 Å². The van der Waals surface area contributed by atoms with E-state index in [4.69, 9.17) is 14.2 Å². The van der Waals surface area contributed by atoms with Crippen LogP contribution in [0.2, 0.25) is 0 Å². The number of carbonyl (C=O) groups is 2. The highest BCUT2D eigenvalue weighted by Crippen LogP contribution is 2.41. The Morgan fingerprint density at radius 3 is 2.65 bits per heavy atom. The molecular formula is C23H23NO7. The van der Waals surface area contributed by atoms with Gasteiger partial charge < -0.3 is 29.3 Å². The average molecular weight is 425 g/mol. The first-order valence-electron chi connectivity index (χ1n) is 9.97. The maximum absolute atomic E-state index is 13.0. The maximum atomic E-state index is 13.0. The van der Waals surface area contributed by atoms with Crippen molar-refractivity contribution >= 4 is 17.4 Å². The summed E-state index contributed by atoms with van der Waals surface area (Å²) in [6.07, 6.45) is 0.517. The number of hydrogen-bond acceptors (Lipinski definition) is 7. The van der Waals surface area contributed by atoms with Gasteiger partial charge in [-0.15, -0.1) is 0 Å². The van der Waals surface area contributed by atoms with E-state index in [1.165, 1.54) is 17.0 Å². The number of rotatable bonds is 6. The van der Waals surface area contributed by atoms with Crippen molar-refractivity contribution in [2.45, 2.75) is 12.5 Å². The number of methoxy groups -OCH3 is 1. The van der Waals surface area contributed by atoms with Crippen molar-refractivity contribution in [3.05, 3.63) is 59.2 Å². The second-order valence-electron chi connectivity index (χ2n) is 7.29. The molecule has 2 heterocycles. The van der Waals surface area contributed by atoms with Gasteiger partial charge in [0.2, 0.25) is 0 Å². The van der Waals surface area contributed by atoms with Crippen LogP contribution in [-0.4, -0.2) is 60.3 Å². The van der Waals surface area contributed by atoms with Gasteiger partial charge in [-0.25, -0.2) is 0 Å². The molecule has 1 fully saturated rings. The SMILES string of the molecule is COCCCN1C(=O)C(=O)/C(=C(/O)c2ccc3c(c2)OCCO3)[C@H]1c1cccc(O)c1. The van der Waals surface area contributed by atoms with E-state index in [1.54, 1.807) is 37.4 Å². The molecule has 0 spiro atoms. The quantitative estimate of drug-likeness (QED) is 0.317. The molecule has 1 saturated heterocycles.